The molecule has 0 fully saturated rings. The SMILES string of the molecule is O=C(O)S.[H-].[K+]. The minimum absolute atomic E-state index is 0. The summed E-state index contributed by atoms with van der Waals surface area (Å²) in [6.45, 7) is 0. The Kier molecular flexibility index (Phi) is 10.6. The van der Waals surface area contributed by atoms with Crippen molar-refractivity contribution in [2.75, 3.05) is 0 Å². The van der Waals surface area contributed by atoms with E-state index in [-0.39, 0.29) is 52.8 Å². The van der Waals surface area contributed by atoms with Gasteiger partial charge in [-0.1, -0.05) is 12.6 Å². The zero-order chi connectivity index (χ0) is 3.58. The third-order valence-corrected chi connectivity index (χ3v) is 0. The van der Waals surface area contributed by atoms with Gasteiger partial charge in [0.15, 0.2) is 0 Å². The maximum absolute atomic E-state index is 8.86. The van der Waals surface area contributed by atoms with Gasteiger partial charge in [-0.05, 0) is 0 Å². The van der Waals surface area contributed by atoms with Crippen LogP contribution in [0.15, 0.2) is 0 Å². The molecule has 0 spiro atoms. The third kappa shape index (κ3) is 30.7. The average Bonchev–Trinajstić information content (AvgIpc) is 0.811. The van der Waals surface area contributed by atoms with E-state index in [1.54, 1.807) is 0 Å². The predicted molar refractivity (Wildman–Crippen MR) is 18.1 cm³/mol. The van der Waals surface area contributed by atoms with Crippen molar-refractivity contribution in [2.24, 2.45) is 0 Å². The summed E-state index contributed by atoms with van der Waals surface area (Å²) in [6.07, 6.45) is 0. The Balaban J connectivity index is -0.0000000450. The van der Waals surface area contributed by atoms with E-state index in [2.05, 4.69) is 12.6 Å². The maximum Gasteiger partial charge on any atom is 1.00 e. The minimum Gasteiger partial charge on any atom is -1.00 e. The smallest absolute Gasteiger partial charge is 1.00 e. The van der Waals surface area contributed by atoms with Crippen molar-refractivity contribution >= 4 is 17.9 Å². The number of hydrogen-bond acceptors (Lipinski definition) is 1. The Morgan fingerprint density at radius 1 is 2.00 bits per heavy atom. The quantitative estimate of drug-likeness (QED) is 0.277. The van der Waals surface area contributed by atoms with Gasteiger partial charge in [-0.2, -0.15) is 0 Å². The van der Waals surface area contributed by atoms with Crippen molar-refractivity contribution in [3.05, 3.63) is 0 Å². The van der Waals surface area contributed by atoms with Gasteiger partial charge in [0.2, 0.25) is 0 Å². The molecule has 0 saturated heterocycles. The van der Waals surface area contributed by atoms with Gasteiger partial charge in [-0.15, -0.1) is 0 Å². The topological polar surface area (TPSA) is 37.3 Å². The van der Waals surface area contributed by atoms with Gasteiger partial charge >= 0.3 is 56.7 Å². The van der Waals surface area contributed by atoms with E-state index < -0.39 is 5.30 Å². The molecule has 5 heavy (non-hydrogen) atoms. The number of thiol groups is 1. The van der Waals surface area contributed by atoms with Crippen molar-refractivity contribution < 1.29 is 62.7 Å². The second-order valence-electron chi connectivity index (χ2n) is 0.283. The summed E-state index contributed by atoms with van der Waals surface area (Å²) >= 11 is 2.88. The van der Waals surface area contributed by atoms with Gasteiger partial charge in [0.1, 0.15) is 0 Å². The van der Waals surface area contributed by atoms with Crippen LogP contribution in [0.3, 0.4) is 0 Å². The average molecular weight is 118 g/mol. The summed E-state index contributed by atoms with van der Waals surface area (Å²) < 4.78 is 0. The molecule has 0 unspecified atom stereocenters. The van der Waals surface area contributed by atoms with Crippen molar-refractivity contribution in [1.82, 2.24) is 0 Å². The van der Waals surface area contributed by atoms with Crippen molar-refractivity contribution in [3.8, 4) is 0 Å². The first-order chi connectivity index (χ1) is 1.73. The van der Waals surface area contributed by atoms with E-state index in [1.165, 1.54) is 0 Å². The second-order valence-corrected chi connectivity index (χ2v) is 0.665. The summed E-state index contributed by atoms with van der Waals surface area (Å²) in [7, 11) is 0. The number of carbonyl (C=O) groups is 1. The van der Waals surface area contributed by atoms with Crippen molar-refractivity contribution in [1.29, 1.82) is 0 Å². The summed E-state index contributed by atoms with van der Waals surface area (Å²) in [5.41, 5.74) is 0. The Hall–Kier alpha value is 1.46. The Morgan fingerprint density at radius 3 is 2.00 bits per heavy atom. The normalized spacial score (nSPS) is 5.00. The first kappa shape index (κ1) is 9.68. The molecule has 0 rings (SSSR count). The molecular weight excluding hydrogens is 115 g/mol. The van der Waals surface area contributed by atoms with Crippen LogP contribution in [0.4, 0.5) is 4.79 Å². The van der Waals surface area contributed by atoms with Gasteiger partial charge in [-0.25, -0.2) is 4.79 Å². The molecule has 1 N–H and O–H groups in total. The zero-order valence-corrected chi connectivity index (χ0v) is 6.82. The molecule has 26 valence electrons. The number of carboxylic acid groups (broad SMARTS) is 1. The monoisotopic (exact) mass is 118 g/mol. The van der Waals surface area contributed by atoms with E-state index in [9.17, 15) is 0 Å². The number of hydrogen-bond donors (Lipinski definition) is 2. The maximum atomic E-state index is 8.86. The predicted octanol–water partition coefficient (Wildman–Crippen LogP) is -2.29. The van der Waals surface area contributed by atoms with Gasteiger partial charge in [0, 0.05) is 0 Å². The van der Waals surface area contributed by atoms with Crippen LogP contribution in [0.1, 0.15) is 1.43 Å². The van der Waals surface area contributed by atoms with E-state index in [4.69, 9.17) is 9.90 Å². The molecule has 4 heteroatoms. The molecule has 0 aromatic rings. The minimum atomic E-state index is -1.14. The first-order valence-corrected chi connectivity index (χ1v) is 1.10. The molecule has 0 atom stereocenters. The van der Waals surface area contributed by atoms with Gasteiger partial charge in [-0.3, -0.25) is 0 Å². The Labute approximate surface area is 79.3 Å². The van der Waals surface area contributed by atoms with Crippen LogP contribution in [-0.4, -0.2) is 10.4 Å². The van der Waals surface area contributed by atoms with E-state index in [1.807, 2.05) is 0 Å². The fourth-order valence-electron chi connectivity index (χ4n) is 0. The fourth-order valence-corrected chi connectivity index (χ4v) is 0. The number of rotatable bonds is 0. The molecular formula is CH3KO2S. The molecule has 0 radical (unpaired) electrons. The van der Waals surface area contributed by atoms with E-state index >= 15 is 0 Å². The van der Waals surface area contributed by atoms with Crippen LogP contribution in [-0.2, 0) is 0 Å². The largest absolute Gasteiger partial charge is 1.00 e. The summed E-state index contributed by atoms with van der Waals surface area (Å²) in [5, 5.41) is 6.14. The first-order valence-electron chi connectivity index (χ1n) is 0.651. The standard InChI is InChI=1S/CH2O2S.K.H/c2-1(3)4;;/h4H,(H,2,3);;/q;+1;-1. The van der Waals surface area contributed by atoms with Crippen LogP contribution in [0, 0.1) is 0 Å². The molecule has 0 amide bonds. The molecule has 0 aromatic heterocycles. The van der Waals surface area contributed by atoms with Gasteiger partial charge in [0.05, 0.1) is 0 Å². The molecule has 0 aliphatic carbocycles. The Morgan fingerprint density at radius 2 is 2.00 bits per heavy atom. The molecule has 2 nitrogen and oxygen atoms in total. The van der Waals surface area contributed by atoms with E-state index in [0.29, 0.717) is 0 Å². The summed E-state index contributed by atoms with van der Waals surface area (Å²) in [4.78, 5) is 8.86. The van der Waals surface area contributed by atoms with Crippen LogP contribution in [0.25, 0.3) is 0 Å². The summed E-state index contributed by atoms with van der Waals surface area (Å²) in [6, 6.07) is 0. The Bertz CT molecular complexity index is 36.5. The fraction of sp³-hybridized carbons (Fsp3) is 0. The summed E-state index contributed by atoms with van der Waals surface area (Å²) in [5.74, 6) is 0. The van der Waals surface area contributed by atoms with Crippen LogP contribution < -0.4 is 51.4 Å². The molecule has 0 bridgehead atoms. The molecule has 0 saturated carbocycles. The second kappa shape index (κ2) is 5.46. The third-order valence-electron chi connectivity index (χ3n) is 0. The van der Waals surface area contributed by atoms with Gasteiger partial charge < -0.3 is 6.53 Å². The van der Waals surface area contributed by atoms with Crippen LogP contribution in [0.2, 0.25) is 0 Å². The van der Waals surface area contributed by atoms with Crippen LogP contribution >= 0.6 is 12.6 Å². The van der Waals surface area contributed by atoms with Crippen molar-refractivity contribution in [3.63, 3.8) is 0 Å². The van der Waals surface area contributed by atoms with E-state index in [0.717, 1.165) is 0 Å². The molecule has 0 aliphatic heterocycles. The zero-order valence-electron chi connectivity index (χ0n) is 3.80. The van der Waals surface area contributed by atoms with Crippen molar-refractivity contribution in [2.45, 2.75) is 0 Å². The van der Waals surface area contributed by atoms with Gasteiger partial charge in [0.25, 0.3) is 0 Å². The molecule has 0 aliphatic rings. The molecule has 0 aromatic carbocycles. The molecule has 0 heterocycles. The van der Waals surface area contributed by atoms with Crippen LogP contribution in [0.5, 0.6) is 0 Å².